The van der Waals surface area contributed by atoms with E-state index in [-0.39, 0.29) is 0 Å². The molecule has 7 heteroatoms. The third-order valence-electron chi connectivity index (χ3n) is 6.14. The van der Waals surface area contributed by atoms with Gasteiger partial charge in [-0.15, -0.1) is 0 Å². The van der Waals surface area contributed by atoms with Crippen molar-refractivity contribution in [3.8, 4) is 17.0 Å². The van der Waals surface area contributed by atoms with Gasteiger partial charge in [0.2, 0.25) is 5.88 Å². The Balaban J connectivity index is 1.31. The molecule has 0 radical (unpaired) electrons. The van der Waals surface area contributed by atoms with E-state index in [1.165, 1.54) is 18.4 Å². The summed E-state index contributed by atoms with van der Waals surface area (Å²) in [4.78, 5) is 8.84. The Hall–Kier alpha value is -2.60. The second kappa shape index (κ2) is 9.69. The Morgan fingerprint density at radius 3 is 2.61 bits per heavy atom. The van der Waals surface area contributed by atoms with Gasteiger partial charge >= 0.3 is 0 Å². The highest BCUT2D eigenvalue weighted by Gasteiger charge is 2.23. The first-order chi connectivity index (χ1) is 15.0. The number of ether oxygens (including phenoxy) is 1. The molecule has 0 aliphatic heterocycles. The lowest BCUT2D eigenvalue weighted by Crippen LogP contribution is -2.21. The molecule has 1 aliphatic carbocycles. The number of anilines is 1. The lowest BCUT2D eigenvalue weighted by Gasteiger charge is -2.29. The summed E-state index contributed by atoms with van der Waals surface area (Å²) in [6, 6.07) is 6.51. The van der Waals surface area contributed by atoms with Gasteiger partial charge < -0.3 is 10.1 Å². The zero-order chi connectivity index (χ0) is 21.8. The first-order valence-corrected chi connectivity index (χ1v) is 11.3. The standard InChI is InChI=1S/C24H30ClN5O/c1-16(2)30-15-21(14-29-30)19-8-9-26-23(11-19)27-12-17-4-6-18(7-5-17)20-10-22(25)24(31-3)28-13-20/h8-11,13-18H,4-7,12H2,1-3H3,(H,26,27). The quantitative estimate of drug-likeness (QED) is 0.491. The van der Waals surface area contributed by atoms with Crippen LogP contribution in [0.2, 0.25) is 5.02 Å². The number of aromatic nitrogens is 4. The van der Waals surface area contributed by atoms with Gasteiger partial charge in [-0.05, 0) is 80.7 Å². The van der Waals surface area contributed by atoms with Gasteiger partial charge in [0.15, 0.2) is 0 Å². The minimum absolute atomic E-state index is 0.355. The van der Waals surface area contributed by atoms with E-state index in [9.17, 15) is 0 Å². The molecule has 0 saturated heterocycles. The van der Waals surface area contributed by atoms with Crippen LogP contribution < -0.4 is 10.1 Å². The normalized spacial score (nSPS) is 18.9. The van der Waals surface area contributed by atoms with Crippen LogP contribution in [0.1, 0.15) is 57.1 Å². The fourth-order valence-corrected chi connectivity index (χ4v) is 4.49. The Bertz CT molecular complexity index is 1010. The van der Waals surface area contributed by atoms with Crippen molar-refractivity contribution in [2.24, 2.45) is 5.92 Å². The van der Waals surface area contributed by atoms with E-state index in [1.807, 2.05) is 35.4 Å². The van der Waals surface area contributed by atoms with Crippen LogP contribution in [0.3, 0.4) is 0 Å². The van der Waals surface area contributed by atoms with Crippen molar-refractivity contribution in [1.82, 2.24) is 19.7 Å². The topological polar surface area (TPSA) is 64.9 Å². The second-order valence-corrected chi connectivity index (χ2v) is 9.00. The summed E-state index contributed by atoms with van der Waals surface area (Å²) in [6.45, 7) is 5.20. The van der Waals surface area contributed by atoms with E-state index in [0.717, 1.165) is 36.3 Å². The third kappa shape index (κ3) is 5.18. The fraction of sp³-hybridized carbons (Fsp3) is 0.458. The lowest BCUT2D eigenvalue weighted by molar-refractivity contribution is 0.337. The van der Waals surface area contributed by atoms with Gasteiger partial charge in [-0.25, -0.2) is 9.97 Å². The summed E-state index contributed by atoms with van der Waals surface area (Å²) in [6.07, 6.45) is 12.4. The zero-order valence-corrected chi connectivity index (χ0v) is 19.1. The SMILES string of the molecule is COc1ncc(C2CCC(CNc3cc(-c4cnn(C(C)C)c4)ccn3)CC2)cc1Cl. The minimum atomic E-state index is 0.355. The van der Waals surface area contributed by atoms with Crippen molar-refractivity contribution in [3.63, 3.8) is 0 Å². The van der Waals surface area contributed by atoms with Crippen LogP contribution in [0.5, 0.6) is 5.88 Å². The molecule has 3 aromatic rings. The molecular weight excluding hydrogens is 410 g/mol. The smallest absolute Gasteiger partial charge is 0.232 e. The zero-order valence-electron chi connectivity index (χ0n) is 18.4. The molecule has 1 saturated carbocycles. The van der Waals surface area contributed by atoms with Crippen LogP contribution in [0.25, 0.3) is 11.1 Å². The maximum Gasteiger partial charge on any atom is 0.232 e. The van der Waals surface area contributed by atoms with Crippen molar-refractivity contribution in [3.05, 3.63) is 53.6 Å². The summed E-state index contributed by atoms with van der Waals surface area (Å²) in [5.74, 6) is 2.58. The molecule has 4 rings (SSSR count). The molecule has 0 amide bonds. The minimum Gasteiger partial charge on any atom is -0.480 e. The van der Waals surface area contributed by atoms with Crippen molar-refractivity contribution in [2.75, 3.05) is 19.0 Å². The number of hydrogen-bond acceptors (Lipinski definition) is 5. The Morgan fingerprint density at radius 2 is 1.94 bits per heavy atom. The first-order valence-electron chi connectivity index (χ1n) is 11.0. The summed E-state index contributed by atoms with van der Waals surface area (Å²) >= 11 is 6.26. The highest BCUT2D eigenvalue weighted by atomic mass is 35.5. The number of halogens is 1. The van der Waals surface area contributed by atoms with Crippen LogP contribution in [0, 0.1) is 5.92 Å². The van der Waals surface area contributed by atoms with Crippen molar-refractivity contribution in [2.45, 2.75) is 51.5 Å². The van der Waals surface area contributed by atoms with Crippen LogP contribution in [-0.2, 0) is 0 Å². The third-order valence-corrected chi connectivity index (χ3v) is 6.41. The van der Waals surface area contributed by atoms with E-state index in [2.05, 4.69) is 46.5 Å². The molecule has 0 bridgehead atoms. The van der Waals surface area contributed by atoms with E-state index >= 15 is 0 Å². The van der Waals surface area contributed by atoms with Gasteiger partial charge in [-0.1, -0.05) is 11.6 Å². The van der Waals surface area contributed by atoms with Crippen LogP contribution in [0.15, 0.2) is 43.0 Å². The van der Waals surface area contributed by atoms with E-state index in [1.54, 1.807) is 7.11 Å². The van der Waals surface area contributed by atoms with E-state index in [4.69, 9.17) is 16.3 Å². The maximum atomic E-state index is 6.26. The Labute approximate surface area is 189 Å². The van der Waals surface area contributed by atoms with E-state index in [0.29, 0.717) is 28.8 Å². The predicted molar refractivity (Wildman–Crippen MR) is 125 cm³/mol. The van der Waals surface area contributed by atoms with Crippen molar-refractivity contribution >= 4 is 17.4 Å². The van der Waals surface area contributed by atoms with E-state index < -0.39 is 0 Å². The molecule has 1 fully saturated rings. The molecular formula is C24H30ClN5O. The Morgan fingerprint density at radius 1 is 1.13 bits per heavy atom. The molecule has 164 valence electrons. The number of nitrogens with one attached hydrogen (secondary N) is 1. The summed E-state index contributed by atoms with van der Waals surface area (Å²) in [7, 11) is 1.59. The second-order valence-electron chi connectivity index (χ2n) is 8.59. The summed E-state index contributed by atoms with van der Waals surface area (Å²) in [5, 5.41) is 8.58. The van der Waals surface area contributed by atoms with Gasteiger partial charge in [0.25, 0.3) is 0 Å². The van der Waals surface area contributed by atoms with Gasteiger partial charge in [-0.2, -0.15) is 5.10 Å². The fourth-order valence-electron chi connectivity index (χ4n) is 4.24. The number of methoxy groups -OCH3 is 1. The number of nitrogens with zero attached hydrogens (tertiary/aromatic N) is 4. The van der Waals surface area contributed by atoms with Gasteiger partial charge in [0.1, 0.15) is 10.8 Å². The average Bonchev–Trinajstić information content (AvgIpc) is 3.29. The van der Waals surface area contributed by atoms with Crippen molar-refractivity contribution < 1.29 is 4.74 Å². The maximum absolute atomic E-state index is 6.26. The molecule has 1 aliphatic rings. The highest BCUT2D eigenvalue weighted by molar-refractivity contribution is 6.31. The Kier molecular flexibility index (Phi) is 6.76. The molecule has 1 N–H and O–H groups in total. The van der Waals surface area contributed by atoms with Crippen LogP contribution in [0.4, 0.5) is 5.82 Å². The van der Waals surface area contributed by atoms with Gasteiger partial charge in [-0.3, -0.25) is 4.68 Å². The predicted octanol–water partition coefficient (Wildman–Crippen LogP) is 5.97. The van der Waals surface area contributed by atoms with Crippen LogP contribution >= 0.6 is 11.6 Å². The largest absolute Gasteiger partial charge is 0.480 e. The lowest BCUT2D eigenvalue weighted by atomic mass is 9.79. The molecule has 0 aromatic carbocycles. The molecule has 31 heavy (non-hydrogen) atoms. The number of hydrogen-bond donors (Lipinski definition) is 1. The molecule has 6 nitrogen and oxygen atoms in total. The number of rotatable bonds is 7. The molecule has 3 heterocycles. The van der Waals surface area contributed by atoms with Gasteiger partial charge in [0.05, 0.1) is 13.3 Å². The average molecular weight is 440 g/mol. The summed E-state index contributed by atoms with van der Waals surface area (Å²) < 4.78 is 7.14. The molecule has 0 atom stereocenters. The highest BCUT2D eigenvalue weighted by Crippen LogP contribution is 2.37. The van der Waals surface area contributed by atoms with Crippen LogP contribution in [-0.4, -0.2) is 33.4 Å². The molecule has 0 unspecified atom stereocenters. The van der Waals surface area contributed by atoms with Crippen molar-refractivity contribution in [1.29, 1.82) is 0 Å². The monoisotopic (exact) mass is 439 g/mol. The molecule has 0 spiro atoms. The first kappa shape index (κ1) is 21.6. The van der Waals surface area contributed by atoms with Gasteiger partial charge in [0, 0.05) is 36.7 Å². The molecule has 3 aromatic heterocycles. The summed E-state index contributed by atoms with van der Waals surface area (Å²) in [5.41, 5.74) is 3.47. The number of pyridine rings is 2.